The van der Waals surface area contributed by atoms with E-state index in [1.165, 1.54) is 17.7 Å². The Kier molecular flexibility index (Phi) is 5.47. The number of hydrogen-bond donors (Lipinski definition) is 0. The second kappa shape index (κ2) is 8.57. The Morgan fingerprint density at radius 3 is 2.62 bits per heavy atom. The molecule has 7 heteroatoms. The van der Waals surface area contributed by atoms with Crippen LogP contribution in [0.25, 0.3) is 0 Å². The Hall–Kier alpha value is -3.48. The molecule has 0 N–H and O–H groups in total. The van der Waals surface area contributed by atoms with Gasteiger partial charge in [-0.05, 0) is 42.3 Å². The van der Waals surface area contributed by atoms with Gasteiger partial charge in [-0.3, -0.25) is 4.79 Å². The maximum atomic E-state index is 13.9. The SMILES string of the molecule is O=C(c1cccnc1N1CCC(Oc2ccc(F)cc2F)CC1)N1CCc2ccccc21. The van der Waals surface area contributed by atoms with Crippen molar-refractivity contribution in [2.24, 2.45) is 0 Å². The number of pyridine rings is 1. The molecule has 5 nitrogen and oxygen atoms in total. The number of carbonyl (C=O) groups excluding carboxylic acids is 1. The summed E-state index contributed by atoms with van der Waals surface area (Å²) in [5.74, 6) is -0.655. The minimum absolute atomic E-state index is 0.0511. The first-order valence-corrected chi connectivity index (χ1v) is 10.8. The van der Waals surface area contributed by atoms with Gasteiger partial charge in [0.15, 0.2) is 11.6 Å². The van der Waals surface area contributed by atoms with Crippen molar-refractivity contribution in [1.82, 2.24) is 4.98 Å². The first-order valence-electron chi connectivity index (χ1n) is 10.8. The molecule has 32 heavy (non-hydrogen) atoms. The van der Waals surface area contributed by atoms with Crippen molar-refractivity contribution >= 4 is 17.4 Å². The maximum Gasteiger partial charge on any atom is 0.262 e. The van der Waals surface area contributed by atoms with Gasteiger partial charge >= 0.3 is 0 Å². The summed E-state index contributed by atoms with van der Waals surface area (Å²) in [5.41, 5.74) is 2.71. The van der Waals surface area contributed by atoms with E-state index in [1.807, 2.05) is 29.2 Å². The van der Waals surface area contributed by atoms with Crippen LogP contribution in [0, 0.1) is 11.6 Å². The van der Waals surface area contributed by atoms with E-state index < -0.39 is 11.6 Å². The molecule has 1 aromatic heterocycles. The van der Waals surface area contributed by atoms with E-state index in [1.54, 1.807) is 12.3 Å². The number of aromatic nitrogens is 1. The van der Waals surface area contributed by atoms with Crippen LogP contribution in [0.4, 0.5) is 20.3 Å². The van der Waals surface area contributed by atoms with E-state index >= 15 is 0 Å². The predicted octanol–water partition coefficient (Wildman–Crippen LogP) is 4.61. The predicted molar refractivity (Wildman–Crippen MR) is 118 cm³/mol. The fraction of sp³-hybridized carbons (Fsp3) is 0.280. The lowest BCUT2D eigenvalue weighted by Crippen LogP contribution is -2.40. The summed E-state index contributed by atoms with van der Waals surface area (Å²) in [6, 6.07) is 14.9. The van der Waals surface area contributed by atoms with Gasteiger partial charge in [0.25, 0.3) is 5.91 Å². The van der Waals surface area contributed by atoms with Crippen molar-refractivity contribution in [3.63, 3.8) is 0 Å². The van der Waals surface area contributed by atoms with E-state index in [-0.39, 0.29) is 17.8 Å². The summed E-state index contributed by atoms with van der Waals surface area (Å²) in [7, 11) is 0. The Morgan fingerprint density at radius 2 is 1.81 bits per heavy atom. The number of fused-ring (bicyclic) bond motifs is 1. The minimum atomic E-state index is -0.698. The van der Waals surface area contributed by atoms with E-state index in [0.29, 0.717) is 43.9 Å². The van der Waals surface area contributed by atoms with Crippen LogP contribution in [0.5, 0.6) is 5.75 Å². The average molecular weight is 435 g/mol. The Bertz CT molecular complexity index is 1150. The summed E-state index contributed by atoms with van der Waals surface area (Å²) >= 11 is 0. The summed E-state index contributed by atoms with van der Waals surface area (Å²) in [5, 5.41) is 0. The van der Waals surface area contributed by atoms with Gasteiger partial charge in [0.1, 0.15) is 17.7 Å². The van der Waals surface area contributed by atoms with Crippen LogP contribution < -0.4 is 14.5 Å². The zero-order chi connectivity index (χ0) is 22.1. The molecule has 164 valence electrons. The van der Waals surface area contributed by atoms with Crippen LogP contribution in [-0.4, -0.2) is 36.6 Å². The third-order valence-electron chi connectivity index (χ3n) is 6.08. The first kappa shape index (κ1) is 20.4. The molecule has 0 unspecified atom stereocenters. The average Bonchev–Trinajstić information content (AvgIpc) is 3.25. The van der Waals surface area contributed by atoms with Crippen LogP contribution in [0.1, 0.15) is 28.8 Å². The number of nitrogens with zero attached hydrogens (tertiary/aromatic N) is 3. The molecule has 5 rings (SSSR count). The summed E-state index contributed by atoms with van der Waals surface area (Å²) in [4.78, 5) is 21.8. The standard InChI is InChI=1S/C25H23F2N3O2/c26-18-7-8-23(21(27)16-18)32-19-10-13-29(14-11-19)24-20(5-3-12-28-24)25(31)30-15-9-17-4-1-2-6-22(17)30/h1-8,12,16,19H,9-11,13-15H2. The van der Waals surface area contributed by atoms with Gasteiger partial charge in [0.05, 0.1) is 5.56 Å². The molecule has 0 aliphatic carbocycles. The van der Waals surface area contributed by atoms with Gasteiger partial charge in [0.2, 0.25) is 0 Å². The molecule has 3 heterocycles. The van der Waals surface area contributed by atoms with E-state index in [9.17, 15) is 13.6 Å². The van der Waals surface area contributed by atoms with Gasteiger partial charge < -0.3 is 14.5 Å². The fourth-order valence-corrected chi connectivity index (χ4v) is 4.45. The quantitative estimate of drug-likeness (QED) is 0.601. The molecule has 1 fully saturated rings. The van der Waals surface area contributed by atoms with Crippen LogP contribution in [-0.2, 0) is 6.42 Å². The molecule has 0 radical (unpaired) electrons. The Labute approximate surface area is 185 Å². The van der Waals surface area contributed by atoms with Gasteiger partial charge in [-0.1, -0.05) is 18.2 Å². The third-order valence-corrected chi connectivity index (χ3v) is 6.08. The highest BCUT2D eigenvalue weighted by molar-refractivity contribution is 6.10. The lowest BCUT2D eigenvalue weighted by atomic mass is 10.1. The lowest BCUT2D eigenvalue weighted by Gasteiger charge is -2.34. The normalized spacial score (nSPS) is 16.2. The van der Waals surface area contributed by atoms with Crippen molar-refractivity contribution in [2.45, 2.75) is 25.4 Å². The van der Waals surface area contributed by atoms with Crippen molar-refractivity contribution in [3.05, 3.63) is 83.6 Å². The molecule has 2 aliphatic heterocycles. The molecule has 3 aromatic rings. The minimum Gasteiger partial charge on any atom is -0.487 e. The maximum absolute atomic E-state index is 13.9. The smallest absolute Gasteiger partial charge is 0.262 e. The first-order chi connectivity index (χ1) is 15.6. The van der Waals surface area contributed by atoms with Crippen molar-refractivity contribution in [1.29, 1.82) is 0 Å². The zero-order valence-electron chi connectivity index (χ0n) is 17.5. The molecule has 1 saturated heterocycles. The summed E-state index contributed by atoms with van der Waals surface area (Å²) in [6.07, 6.45) is 3.65. The number of para-hydroxylation sites is 1. The molecule has 0 atom stereocenters. The summed E-state index contributed by atoms with van der Waals surface area (Å²) in [6.45, 7) is 1.91. The highest BCUT2D eigenvalue weighted by Crippen LogP contribution is 2.31. The van der Waals surface area contributed by atoms with E-state index in [4.69, 9.17) is 4.74 Å². The number of benzene rings is 2. The van der Waals surface area contributed by atoms with Crippen LogP contribution in [0.2, 0.25) is 0 Å². The molecule has 0 spiro atoms. The fourth-order valence-electron chi connectivity index (χ4n) is 4.45. The Morgan fingerprint density at radius 1 is 1.00 bits per heavy atom. The number of piperidine rings is 1. The number of anilines is 2. The molecular formula is C25H23F2N3O2. The molecule has 1 amide bonds. The van der Waals surface area contributed by atoms with Gasteiger partial charge in [-0.2, -0.15) is 0 Å². The molecule has 0 bridgehead atoms. The van der Waals surface area contributed by atoms with Gasteiger partial charge in [-0.15, -0.1) is 0 Å². The Balaban J connectivity index is 1.29. The van der Waals surface area contributed by atoms with E-state index in [0.717, 1.165) is 18.2 Å². The number of amides is 1. The third kappa shape index (κ3) is 3.90. The number of carbonyl (C=O) groups is 1. The van der Waals surface area contributed by atoms with Crippen molar-refractivity contribution in [3.8, 4) is 5.75 Å². The van der Waals surface area contributed by atoms with Gasteiger partial charge in [-0.25, -0.2) is 13.8 Å². The van der Waals surface area contributed by atoms with Crippen LogP contribution >= 0.6 is 0 Å². The zero-order valence-corrected chi connectivity index (χ0v) is 17.5. The number of rotatable bonds is 4. The molecule has 0 saturated carbocycles. The van der Waals surface area contributed by atoms with Gasteiger partial charge in [0, 0.05) is 50.4 Å². The monoisotopic (exact) mass is 435 g/mol. The molecule has 2 aromatic carbocycles. The van der Waals surface area contributed by atoms with E-state index in [2.05, 4.69) is 16.0 Å². The molecular weight excluding hydrogens is 412 g/mol. The van der Waals surface area contributed by atoms with Crippen molar-refractivity contribution in [2.75, 3.05) is 29.4 Å². The topological polar surface area (TPSA) is 45.7 Å². The largest absolute Gasteiger partial charge is 0.487 e. The number of halogens is 2. The highest BCUT2D eigenvalue weighted by atomic mass is 19.1. The highest BCUT2D eigenvalue weighted by Gasteiger charge is 2.30. The molecule has 2 aliphatic rings. The summed E-state index contributed by atoms with van der Waals surface area (Å²) < 4.78 is 32.8. The lowest BCUT2D eigenvalue weighted by molar-refractivity contribution is 0.0989. The number of hydrogen-bond acceptors (Lipinski definition) is 4. The van der Waals surface area contributed by atoms with Crippen LogP contribution in [0.3, 0.4) is 0 Å². The second-order valence-electron chi connectivity index (χ2n) is 8.09. The van der Waals surface area contributed by atoms with Crippen molar-refractivity contribution < 1.29 is 18.3 Å². The van der Waals surface area contributed by atoms with Crippen LogP contribution in [0.15, 0.2) is 60.8 Å². The second-order valence-corrected chi connectivity index (χ2v) is 8.09. The number of ether oxygens (including phenoxy) is 1.